The summed E-state index contributed by atoms with van der Waals surface area (Å²) in [5, 5.41) is 0. The highest BCUT2D eigenvalue weighted by Crippen LogP contribution is 2.48. The van der Waals surface area contributed by atoms with Crippen molar-refractivity contribution in [1.29, 1.82) is 0 Å². The number of allylic oxidation sites excluding steroid dienone is 3. The molecule has 0 nitrogen and oxygen atoms in total. The zero-order valence-corrected chi connectivity index (χ0v) is 10.5. The predicted molar refractivity (Wildman–Crippen MR) is 66.7 cm³/mol. The molecule has 84 valence electrons. The van der Waals surface area contributed by atoms with Crippen LogP contribution in [0.3, 0.4) is 0 Å². The van der Waals surface area contributed by atoms with Gasteiger partial charge >= 0.3 is 0 Å². The topological polar surface area (TPSA) is 0 Å². The fourth-order valence-electron chi connectivity index (χ4n) is 3.40. The molecule has 0 aromatic heterocycles. The number of rotatable bonds is 0. The molecule has 0 heterocycles. The average molecular weight is 204 g/mol. The Morgan fingerprint density at radius 2 is 2.07 bits per heavy atom. The van der Waals surface area contributed by atoms with Crippen LogP contribution in [0.25, 0.3) is 0 Å². The second kappa shape index (κ2) is 3.81. The summed E-state index contributed by atoms with van der Waals surface area (Å²) in [6.07, 6.45) is 9.14. The zero-order chi connectivity index (χ0) is 11.1. The maximum absolute atomic E-state index is 4.15. The van der Waals surface area contributed by atoms with Gasteiger partial charge < -0.3 is 0 Å². The molecule has 0 N–H and O–H groups in total. The molecule has 0 aromatic rings. The highest BCUT2D eigenvalue weighted by molar-refractivity contribution is 5.31. The van der Waals surface area contributed by atoms with Crippen molar-refractivity contribution in [3.8, 4) is 0 Å². The maximum atomic E-state index is 4.15. The summed E-state index contributed by atoms with van der Waals surface area (Å²) >= 11 is 0. The third-order valence-corrected chi connectivity index (χ3v) is 4.47. The van der Waals surface area contributed by atoms with E-state index in [1.165, 1.54) is 37.7 Å². The molecule has 0 aromatic carbocycles. The number of hydrogen-bond donors (Lipinski definition) is 0. The van der Waals surface area contributed by atoms with Crippen molar-refractivity contribution in [1.82, 2.24) is 0 Å². The first-order chi connectivity index (χ1) is 7.00. The van der Waals surface area contributed by atoms with E-state index in [0.29, 0.717) is 5.41 Å². The number of hydrogen-bond acceptors (Lipinski definition) is 0. The van der Waals surface area contributed by atoms with Crippen LogP contribution in [0, 0.1) is 17.3 Å². The van der Waals surface area contributed by atoms with E-state index < -0.39 is 0 Å². The van der Waals surface area contributed by atoms with Gasteiger partial charge in [0.15, 0.2) is 0 Å². The van der Waals surface area contributed by atoms with E-state index in [-0.39, 0.29) is 0 Å². The van der Waals surface area contributed by atoms with Crippen LogP contribution >= 0.6 is 0 Å². The average Bonchev–Trinajstić information content (AvgIpc) is 2.26. The molecule has 0 aliphatic heterocycles. The molecule has 0 unspecified atom stereocenters. The van der Waals surface area contributed by atoms with Gasteiger partial charge in [0.2, 0.25) is 0 Å². The molecule has 15 heavy (non-hydrogen) atoms. The molecule has 2 rings (SSSR count). The van der Waals surface area contributed by atoms with E-state index in [0.717, 1.165) is 11.8 Å². The molecule has 0 heteroatoms. The Bertz CT molecular complexity index is 293. The Labute approximate surface area is 94.5 Å². The summed E-state index contributed by atoms with van der Waals surface area (Å²) in [7, 11) is 0. The van der Waals surface area contributed by atoms with Gasteiger partial charge in [0, 0.05) is 0 Å². The second-order valence-electron chi connectivity index (χ2n) is 6.16. The summed E-state index contributed by atoms with van der Waals surface area (Å²) in [6.45, 7) is 11.4. The quantitative estimate of drug-likeness (QED) is 0.535. The van der Waals surface area contributed by atoms with Crippen LogP contribution in [0.4, 0.5) is 0 Å². The van der Waals surface area contributed by atoms with E-state index in [4.69, 9.17) is 0 Å². The van der Waals surface area contributed by atoms with E-state index in [1.54, 1.807) is 5.57 Å². The summed E-state index contributed by atoms with van der Waals surface area (Å²) < 4.78 is 0. The molecular weight excluding hydrogens is 180 g/mol. The van der Waals surface area contributed by atoms with Crippen molar-refractivity contribution in [2.24, 2.45) is 17.3 Å². The molecule has 0 saturated heterocycles. The van der Waals surface area contributed by atoms with Gasteiger partial charge in [-0.15, -0.1) is 0 Å². The van der Waals surface area contributed by atoms with E-state index in [9.17, 15) is 0 Å². The van der Waals surface area contributed by atoms with E-state index >= 15 is 0 Å². The molecule has 0 radical (unpaired) electrons. The largest absolute Gasteiger partial charge is 0.0958 e. The Morgan fingerprint density at radius 3 is 2.80 bits per heavy atom. The Balaban J connectivity index is 2.37. The van der Waals surface area contributed by atoms with Gasteiger partial charge in [0.1, 0.15) is 0 Å². The molecular formula is C15H24. The van der Waals surface area contributed by atoms with Gasteiger partial charge in [-0.1, -0.05) is 57.4 Å². The lowest BCUT2D eigenvalue weighted by molar-refractivity contribution is 0.328. The summed E-state index contributed by atoms with van der Waals surface area (Å²) in [5.41, 5.74) is 3.46. The highest BCUT2D eigenvalue weighted by Gasteiger charge is 2.36. The van der Waals surface area contributed by atoms with Gasteiger partial charge in [0.05, 0.1) is 0 Å². The van der Waals surface area contributed by atoms with Crippen molar-refractivity contribution in [2.75, 3.05) is 0 Å². The van der Waals surface area contributed by atoms with Gasteiger partial charge in [0.25, 0.3) is 0 Å². The van der Waals surface area contributed by atoms with Crippen LogP contribution in [0.15, 0.2) is 23.8 Å². The Hall–Kier alpha value is -0.520. The van der Waals surface area contributed by atoms with Crippen LogP contribution in [0.1, 0.15) is 52.9 Å². The second-order valence-corrected chi connectivity index (χ2v) is 6.16. The van der Waals surface area contributed by atoms with Gasteiger partial charge in [-0.25, -0.2) is 0 Å². The molecule has 2 atom stereocenters. The molecule has 1 fully saturated rings. The maximum Gasteiger partial charge on any atom is -0.0139 e. The van der Waals surface area contributed by atoms with E-state index in [1.807, 2.05) is 0 Å². The first kappa shape index (κ1) is 11.0. The summed E-state index contributed by atoms with van der Waals surface area (Å²) in [4.78, 5) is 0. The standard InChI is InChI=1S/C15H24/c1-11-7-8-13-12(2)6-5-9-15(3,4)14(13)10-11/h10,12-13H,1,5-9H2,2-4H3/t12-,13+/m0/s1. The fourth-order valence-corrected chi connectivity index (χ4v) is 3.40. The summed E-state index contributed by atoms with van der Waals surface area (Å²) in [5.74, 6) is 1.72. The highest BCUT2D eigenvalue weighted by atomic mass is 14.4. The molecule has 1 saturated carbocycles. The SMILES string of the molecule is C=C1C=C2[C@H](CC1)[C@@H](C)CCCC2(C)C. The van der Waals surface area contributed by atoms with Crippen molar-refractivity contribution in [3.05, 3.63) is 23.8 Å². The minimum Gasteiger partial charge on any atom is -0.0958 e. The minimum atomic E-state index is 0.415. The Morgan fingerprint density at radius 1 is 1.33 bits per heavy atom. The smallest absolute Gasteiger partial charge is 0.0139 e. The van der Waals surface area contributed by atoms with Crippen molar-refractivity contribution >= 4 is 0 Å². The van der Waals surface area contributed by atoms with Crippen molar-refractivity contribution in [3.63, 3.8) is 0 Å². The van der Waals surface area contributed by atoms with Crippen LogP contribution in [-0.4, -0.2) is 0 Å². The lowest BCUT2D eigenvalue weighted by Gasteiger charge is -2.36. The monoisotopic (exact) mass is 204 g/mol. The molecule has 2 aliphatic carbocycles. The van der Waals surface area contributed by atoms with Crippen molar-refractivity contribution in [2.45, 2.75) is 52.9 Å². The lowest BCUT2D eigenvalue weighted by Crippen LogP contribution is -2.25. The van der Waals surface area contributed by atoms with Crippen LogP contribution in [0.2, 0.25) is 0 Å². The summed E-state index contributed by atoms with van der Waals surface area (Å²) in [6, 6.07) is 0. The third kappa shape index (κ3) is 2.04. The van der Waals surface area contributed by atoms with Crippen LogP contribution in [-0.2, 0) is 0 Å². The fraction of sp³-hybridized carbons (Fsp3) is 0.733. The number of fused-ring (bicyclic) bond motifs is 1. The molecule has 0 bridgehead atoms. The molecule has 0 spiro atoms. The van der Waals surface area contributed by atoms with Crippen LogP contribution < -0.4 is 0 Å². The Kier molecular flexibility index (Phi) is 2.79. The lowest BCUT2D eigenvalue weighted by atomic mass is 9.69. The van der Waals surface area contributed by atoms with Gasteiger partial charge in [-0.2, -0.15) is 0 Å². The predicted octanol–water partition coefficient (Wildman–Crippen LogP) is 4.73. The van der Waals surface area contributed by atoms with Crippen LogP contribution in [0.5, 0.6) is 0 Å². The third-order valence-electron chi connectivity index (χ3n) is 4.47. The zero-order valence-electron chi connectivity index (χ0n) is 10.5. The molecule has 0 amide bonds. The molecule has 2 aliphatic rings. The van der Waals surface area contributed by atoms with E-state index in [2.05, 4.69) is 33.4 Å². The normalized spacial score (nSPS) is 35.4. The van der Waals surface area contributed by atoms with Gasteiger partial charge in [-0.05, 0) is 36.5 Å². The van der Waals surface area contributed by atoms with Gasteiger partial charge in [-0.3, -0.25) is 0 Å². The first-order valence-corrected chi connectivity index (χ1v) is 6.40. The minimum absolute atomic E-state index is 0.415. The van der Waals surface area contributed by atoms with Crippen molar-refractivity contribution < 1.29 is 0 Å². The first-order valence-electron chi connectivity index (χ1n) is 6.40.